The van der Waals surface area contributed by atoms with E-state index in [9.17, 15) is 45.6 Å². The second-order valence-corrected chi connectivity index (χ2v) is 7.05. The van der Waals surface area contributed by atoms with Crippen LogP contribution in [0.15, 0.2) is 27.4 Å². The monoisotopic (exact) mass is 422 g/mol. The molecule has 0 radical (unpaired) electrons. The molecule has 2 aromatic carbocycles. The van der Waals surface area contributed by atoms with Crippen LogP contribution in [0.5, 0.6) is 23.0 Å². The van der Waals surface area contributed by atoms with Crippen LogP contribution in [0, 0.1) is 0 Å². The normalized spacial score (nSPS) is 27.0. The molecule has 0 bridgehead atoms. The quantitative estimate of drug-likeness (QED) is 0.191. The van der Waals surface area contributed by atoms with Crippen molar-refractivity contribution in [2.75, 3.05) is 6.61 Å². The minimum Gasteiger partial charge on any atom is -0.507 e. The molecule has 160 valence electrons. The maximum Gasteiger partial charge on any atom is 0.204 e. The van der Waals surface area contributed by atoms with E-state index in [-0.39, 0.29) is 16.6 Å². The predicted octanol–water partition coefficient (Wildman–Crippen LogP) is -0.717. The molecule has 1 fully saturated rings. The van der Waals surface area contributed by atoms with Gasteiger partial charge in [-0.15, -0.1) is 0 Å². The summed E-state index contributed by atoms with van der Waals surface area (Å²) in [5.41, 5.74) is -1.66. The van der Waals surface area contributed by atoms with Crippen molar-refractivity contribution in [3.8, 4) is 23.0 Å². The first-order chi connectivity index (χ1) is 14.1. The molecule has 0 amide bonds. The summed E-state index contributed by atoms with van der Waals surface area (Å²) < 4.78 is 10.8. The molecule has 1 aromatic heterocycles. The van der Waals surface area contributed by atoms with Gasteiger partial charge in [-0.3, -0.25) is 4.79 Å². The van der Waals surface area contributed by atoms with Crippen molar-refractivity contribution in [1.29, 1.82) is 0 Å². The number of aromatic hydroxyl groups is 4. The van der Waals surface area contributed by atoms with Crippen LogP contribution in [0.4, 0.5) is 0 Å². The lowest BCUT2D eigenvalue weighted by Gasteiger charge is -2.40. The molecule has 0 unspecified atom stereocenters. The molecule has 2 heterocycles. The number of phenolic OH excluding ortho intramolecular Hbond substituents is 4. The molecule has 1 saturated heterocycles. The minimum atomic E-state index is -1.81. The first-order valence-corrected chi connectivity index (χ1v) is 8.83. The molecule has 11 heteroatoms. The van der Waals surface area contributed by atoms with Gasteiger partial charge in [0.1, 0.15) is 58.6 Å². The Kier molecular flexibility index (Phi) is 4.71. The van der Waals surface area contributed by atoms with Crippen LogP contribution < -0.4 is 5.43 Å². The summed E-state index contributed by atoms with van der Waals surface area (Å²) in [4.78, 5) is 12.9. The SMILES string of the molecule is O=c1c2cc(O)c(O)cc2oc2cc(O)c([C@@H]3O[C@H](CO)[C@H](O)[C@H](O)[C@H]3O)c(O)c12. The van der Waals surface area contributed by atoms with Crippen molar-refractivity contribution in [1.82, 2.24) is 0 Å². The van der Waals surface area contributed by atoms with Crippen molar-refractivity contribution in [3.05, 3.63) is 34.0 Å². The van der Waals surface area contributed by atoms with Gasteiger partial charge in [0.15, 0.2) is 11.5 Å². The number of hydrogen-bond acceptors (Lipinski definition) is 11. The second kappa shape index (κ2) is 7.00. The fraction of sp³-hybridized carbons (Fsp3) is 0.316. The summed E-state index contributed by atoms with van der Waals surface area (Å²) >= 11 is 0. The summed E-state index contributed by atoms with van der Waals surface area (Å²) in [6, 6.07) is 2.90. The van der Waals surface area contributed by atoms with E-state index >= 15 is 0 Å². The average Bonchev–Trinajstić information content (AvgIpc) is 2.69. The first-order valence-electron chi connectivity index (χ1n) is 8.83. The lowest BCUT2D eigenvalue weighted by molar-refractivity contribution is -0.232. The molecule has 1 aliphatic rings. The van der Waals surface area contributed by atoms with E-state index in [2.05, 4.69) is 0 Å². The van der Waals surface area contributed by atoms with E-state index < -0.39 is 76.5 Å². The van der Waals surface area contributed by atoms with Crippen LogP contribution in [0.2, 0.25) is 0 Å². The van der Waals surface area contributed by atoms with Crippen LogP contribution >= 0.6 is 0 Å². The molecule has 4 rings (SSSR count). The Hall–Kier alpha value is -3.09. The van der Waals surface area contributed by atoms with E-state index in [0.29, 0.717) is 0 Å². The third-order valence-corrected chi connectivity index (χ3v) is 5.23. The molecule has 0 saturated carbocycles. The molecule has 3 aromatic rings. The largest absolute Gasteiger partial charge is 0.507 e. The molecule has 1 aliphatic heterocycles. The molecule has 8 N–H and O–H groups in total. The topological polar surface area (TPSA) is 201 Å². The van der Waals surface area contributed by atoms with E-state index in [0.717, 1.165) is 18.2 Å². The molecular formula is C19H18O11. The van der Waals surface area contributed by atoms with Crippen LogP contribution in [0.25, 0.3) is 21.9 Å². The summed E-state index contributed by atoms with van der Waals surface area (Å²) in [6.45, 7) is -0.730. The van der Waals surface area contributed by atoms with Gasteiger partial charge in [0.2, 0.25) is 5.43 Å². The van der Waals surface area contributed by atoms with Gasteiger partial charge in [-0.25, -0.2) is 0 Å². The highest BCUT2D eigenvalue weighted by atomic mass is 16.5. The van der Waals surface area contributed by atoms with E-state index in [1.54, 1.807) is 0 Å². The van der Waals surface area contributed by atoms with Crippen LogP contribution in [-0.4, -0.2) is 71.9 Å². The zero-order chi connectivity index (χ0) is 21.9. The van der Waals surface area contributed by atoms with Gasteiger partial charge in [0.25, 0.3) is 0 Å². The zero-order valence-electron chi connectivity index (χ0n) is 15.1. The van der Waals surface area contributed by atoms with Crippen molar-refractivity contribution in [2.24, 2.45) is 0 Å². The van der Waals surface area contributed by atoms with E-state index in [1.807, 2.05) is 0 Å². The second-order valence-electron chi connectivity index (χ2n) is 7.05. The standard InChI is InChI=1S/C19H18O11/c20-4-11-15(25)17(27)18(28)19(30-11)12-8(23)3-10-13(16(12)26)14(24)5-1-6(21)7(22)2-9(5)29-10/h1-3,11,15,17-23,25-28H,4H2/t11-,15+,17+,18-,19+/m1/s1. The number of rotatable bonds is 2. The van der Waals surface area contributed by atoms with Gasteiger partial charge < -0.3 is 50.0 Å². The van der Waals surface area contributed by atoms with Gasteiger partial charge >= 0.3 is 0 Å². The van der Waals surface area contributed by atoms with Crippen LogP contribution in [-0.2, 0) is 4.74 Å². The first kappa shape index (κ1) is 20.2. The highest BCUT2D eigenvalue weighted by molar-refractivity contribution is 5.96. The molecule has 5 atom stereocenters. The maximum absolute atomic E-state index is 12.9. The van der Waals surface area contributed by atoms with Crippen molar-refractivity contribution in [2.45, 2.75) is 30.5 Å². The van der Waals surface area contributed by atoms with E-state index in [4.69, 9.17) is 9.15 Å². The minimum absolute atomic E-state index is 0.123. The summed E-state index contributed by atoms with van der Waals surface area (Å²) in [5, 5.41) is 79.4. The number of benzene rings is 2. The lowest BCUT2D eigenvalue weighted by Crippen LogP contribution is -2.55. The Labute approximate surface area is 166 Å². The smallest absolute Gasteiger partial charge is 0.204 e. The number of aliphatic hydroxyl groups excluding tert-OH is 4. The molecular weight excluding hydrogens is 404 g/mol. The van der Waals surface area contributed by atoms with Gasteiger partial charge in [0.05, 0.1) is 17.6 Å². The van der Waals surface area contributed by atoms with Gasteiger partial charge in [-0.05, 0) is 6.07 Å². The van der Waals surface area contributed by atoms with Gasteiger partial charge in [-0.2, -0.15) is 0 Å². The van der Waals surface area contributed by atoms with Crippen molar-refractivity contribution < 1.29 is 50.0 Å². The third-order valence-electron chi connectivity index (χ3n) is 5.23. The van der Waals surface area contributed by atoms with Crippen LogP contribution in [0.1, 0.15) is 11.7 Å². The number of fused-ring (bicyclic) bond motifs is 2. The molecule has 0 aliphatic carbocycles. The Bertz CT molecular complexity index is 1200. The maximum atomic E-state index is 12.9. The van der Waals surface area contributed by atoms with Crippen molar-refractivity contribution >= 4 is 21.9 Å². The Morgan fingerprint density at radius 2 is 1.47 bits per heavy atom. The zero-order valence-corrected chi connectivity index (χ0v) is 15.1. The molecule has 11 nitrogen and oxygen atoms in total. The summed E-state index contributed by atoms with van der Waals surface area (Å²) in [5.74, 6) is -2.62. The summed E-state index contributed by atoms with van der Waals surface area (Å²) in [7, 11) is 0. The van der Waals surface area contributed by atoms with Crippen LogP contribution in [0.3, 0.4) is 0 Å². The highest BCUT2D eigenvalue weighted by Gasteiger charge is 2.46. The highest BCUT2D eigenvalue weighted by Crippen LogP contribution is 2.45. The molecule has 30 heavy (non-hydrogen) atoms. The molecule has 0 spiro atoms. The number of ether oxygens (including phenoxy) is 1. The fourth-order valence-electron chi connectivity index (χ4n) is 3.64. The lowest BCUT2D eigenvalue weighted by atomic mass is 9.89. The number of phenols is 4. The third kappa shape index (κ3) is 2.83. The Balaban J connectivity index is 1.98. The van der Waals surface area contributed by atoms with E-state index in [1.165, 1.54) is 0 Å². The Morgan fingerprint density at radius 1 is 0.833 bits per heavy atom. The van der Waals surface area contributed by atoms with Gasteiger partial charge in [0, 0.05) is 12.1 Å². The predicted molar refractivity (Wildman–Crippen MR) is 99.4 cm³/mol. The fourth-order valence-corrected chi connectivity index (χ4v) is 3.64. The average molecular weight is 422 g/mol. The summed E-state index contributed by atoms with van der Waals surface area (Å²) in [6.07, 6.45) is -8.16. The van der Waals surface area contributed by atoms with Crippen molar-refractivity contribution in [3.63, 3.8) is 0 Å². The number of aliphatic hydroxyl groups is 4. The van der Waals surface area contributed by atoms with Gasteiger partial charge in [-0.1, -0.05) is 0 Å². The number of hydrogen-bond donors (Lipinski definition) is 8. The Morgan fingerprint density at radius 3 is 2.13 bits per heavy atom.